The predicted molar refractivity (Wildman–Crippen MR) is 79.3 cm³/mol. The SMILES string of the molecule is CC(CC(C)(C)C(=O)OC(C)(C)C)C(=O)OC(C)(C)C. The second-order valence-electron chi connectivity index (χ2n) is 8.02. The van der Waals surface area contributed by atoms with E-state index in [4.69, 9.17) is 9.47 Å². The van der Waals surface area contributed by atoms with Crippen molar-refractivity contribution in [3.05, 3.63) is 0 Å². The molecular weight excluding hydrogens is 256 g/mol. The maximum absolute atomic E-state index is 12.1. The van der Waals surface area contributed by atoms with Crippen molar-refractivity contribution in [1.29, 1.82) is 0 Å². The smallest absolute Gasteiger partial charge is 0.312 e. The minimum Gasteiger partial charge on any atom is -0.460 e. The molecule has 0 radical (unpaired) electrons. The molecule has 0 saturated carbocycles. The molecule has 0 N–H and O–H groups in total. The van der Waals surface area contributed by atoms with E-state index in [1.54, 1.807) is 20.8 Å². The lowest BCUT2D eigenvalue weighted by Crippen LogP contribution is -2.37. The standard InChI is InChI=1S/C16H30O4/c1-11(12(17)19-14(2,3)4)10-16(8,9)13(18)20-15(5,6)7/h11H,10H2,1-9H3. The topological polar surface area (TPSA) is 52.6 Å². The Labute approximate surface area is 123 Å². The first-order chi connectivity index (χ1) is 8.64. The first-order valence-electron chi connectivity index (χ1n) is 7.10. The number of esters is 2. The van der Waals surface area contributed by atoms with Gasteiger partial charge in [-0.05, 0) is 61.8 Å². The molecule has 4 heteroatoms. The van der Waals surface area contributed by atoms with Crippen LogP contribution in [0.4, 0.5) is 0 Å². The summed E-state index contributed by atoms with van der Waals surface area (Å²) in [7, 11) is 0. The summed E-state index contributed by atoms with van der Waals surface area (Å²) in [6.07, 6.45) is 0.400. The zero-order valence-corrected chi connectivity index (χ0v) is 14.4. The molecule has 0 aromatic rings. The zero-order chi connectivity index (χ0) is 16.4. The van der Waals surface area contributed by atoms with Crippen LogP contribution in [0, 0.1) is 11.3 Å². The highest BCUT2D eigenvalue weighted by Crippen LogP contribution is 2.30. The lowest BCUT2D eigenvalue weighted by Gasteiger charge is -2.30. The van der Waals surface area contributed by atoms with Gasteiger partial charge in [0.1, 0.15) is 11.2 Å². The second-order valence-corrected chi connectivity index (χ2v) is 8.02. The van der Waals surface area contributed by atoms with E-state index in [-0.39, 0.29) is 17.9 Å². The Kier molecular flexibility index (Phi) is 5.82. The van der Waals surface area contributed by atoms with Crippen LogP contribution >= 0.6 is 0 Å². The fraction of sp³-hybridized carbons (Fsp3) is 0.875. The molecule has 0 bridgehead atoms. The van der Waals surface area contributed by atoms with Crippen molar-refractivity contribution in [2.75, 3.05) is 0 Å². The van der Waals surface area contributed by atoms with Crippen LogP contribution in [-0.4, -0.2) is 23.1 Å². The Morgan fingerprint density at radius 1 is 0.850 bits per heavy atom. The van der Waals surface area contributed by atoms with E-state index in [1.165, 1.54) is 0 Å². The molecule has 0 fully saturated rings. The zero-order valence-electron chi connectivity index (χ0n) is 14.4. The first kappa shape index (κ1) is 18.9. The Morgan fingerprint density at radius 3 is 1.60 bits per heavy atom. The van der Waals surface area contributed by atoms with Gasteiger partial charge in [-0.15, -0.1) is 0 Å². The molecule has 20 heavy (non-hydrogen) atoms. The van der Waals surface area contributed by atoms with Crippen LogP contribution in [-0.2, 0) is 19.1 Å². The molecule has 0 amide bonds. The normalized spacial score (nSPS) is 14.7. The molecule has 1 atom stereocenters. The Hall–Kier alpha value is -1.06. The highest BCUT2D eigenvalue weighted by Gasteiger charge is 2.36. The maximum atomic E-state index is 12.1. The highest BCUT2D eigenvalue weighted by atomic mass is 16.6. The molecule has 118 valence electrons. The van der Waals surface area contributed by atoms with Crippen LogP contribution in [0.25, 0.3) is 0 Å². The highest BCUT2D eigenvalue weighted by molar-refractivity contribution is 5.78. The third-order valence-corrected chi connectivity index (χ3v) is 2.58. The number of hydrogen-bond donors (Lipinski definition) is 0. The summed E-state index contributed by atoms with van der Waals surface area (Å²) in [6.45, 7) is 16.3. The number of rotatable bonds is 4. The predicted octanol–water partition coefficient (Wildman–Crippen LogP) is 3.72. The number of carbonyl (C=O) groups excluding carboxylic acids is 2. The summed E-state index contributed by atoms with van der Waals surface area (Å²) >= 11 is 0. The summed E-state index contributed by atoms with van der Waals surface area (Å²) in [6, 6.07) is 0. The van der Waals surface area contributed by atoms with E-state index in [9.17, 15) is 9.59 Å². The lowest BCUT2D eigenvalue weighted by molar-refractivity contribution is -0.169. The fourth-order valence-electron chi connectivity index (χ4n) is 1.75. The molecule has 0 heterocycles. The summed E-state index contributed by atoms with van der Waals surface area (Å²) < 4.78 is 10.7. The molecule has 0 aliphatic carbocycles. The average molecular weight is 286 g/mol. The van der Waals surface area contributed by atoms with Gasteiger partial charge in [0.05, 0.1) is 11.3 Å². The van der Waals surface area contributed by atoms with Crippen LogP contribution in [0.5, 0.6) is 0 Å². The Balaban J connectivity index is 4.67. The van der Waals surface area contributed by atoms with E-state index in [2.05, 4.69) is 0 Å². The van der Waals surface area contributed by atoms with Gasteiger partial charge in [0.15, 0.2) is 0 Å². The average Bonchev–Trinajstić information content (AvgIpc) is 2.10. The molecular formula is C16H30O4. The maximum Gasteiger partial charge on any atom is 0.312 e. The lowest BCUT2D eigenvalue weighted by atomic mass is 9.83. The molecule has 0 rings (SSSR count). The largest absolute Gasteiger partial charge is 0.460 e. The molecule has 1 unspecified atom stereocenters. The van der Waals surface area contributed by atoms with Gasteiger partial charge in [0, 0.05) is 0 Å². The van der Waals surface area contributed by atoms with Crippen molar-refractivity contribution >= 4 is 11.9 Å². The molecule has 0 aromatic heterocycles. The second kappa shape index (κ2) is 6.15. The minimum atomic E-state index is -0.719. The summed E-state index contributed by atoms with van der Waals surface area (Å²) in [4.78, 5) is 24.1. The Bertz CT molecular complexity index is 356. The van der Waals surface area contributed by atoms with Gasteiger partial charge in [-0.1, -0.05) is 6.92 Å². The van der Waals surface area contributed by atoms with Gasteiger partial charge < -0.3 is 9.47 Å². The number of hydrogen-bond acceptors (Lipinski definition) is 4. The molecule has 0 aliphatic heterocycles. The Morgan fingerprint density at radius 2 is 1.25 bits per heavy atom. The van der Waals surface area contributed by atoms with Crippen LogP contribution in [0.3, 0.4) is 0 Å². The van der Waals surface area contributed by atoms with Crippen molar-refractivity contribution < 1.29 is 19.1 Å². The van der Waals surface area contributed by atoms with Crippen LogP contribution in [0.15, 0.2) is 0 Å². The van der Waals surface area contributed by atoms with Gasteiger partial charge in [-0.3, -0.25) is 9.59 Å². The first-order valence-corrected chi connectivity index (χ1v) is 7.10. The van der Waals surface area contributed by atoms with Crippen molar-refractivity contribution in [3.8, 4) is 0 Å². The third kappa shape index (κ3) is 7.51. The number of ether oxygens (including phenoxy) is 2. The monoisotopic (exact) mass is 286 g/mol. The molecule has 0 aliphatic rings. The minimum absolute atomic E-state index is 0.283. The van der Waals surface area contributed by atoms with Gasteiger partial charge in [0.2, 0.25) is 0 Å². The van der Waals surface area contributed by atoms with Gasteiger partial charge in [-0.25, -0.2) is 0 Å². The fourth-order valence-corrected chi connectivity index (χ4v) is 1.75. The van der Waals surface area contributed by atoms with Crippen molar-refractivity contribution in [2.24, 2.45) is 11.3 Å². The van der Waals surface area contributed by atoms with E-state index in [0.717, 1.165) is 0 Å². The van der Waals surface area contributed by atoms with E-state index < -0.39 is 16.6 Å². The van der Waals surface area contributed by atoms with Crippen molar-refractivity contribution in [2.45, 2.75) is 79.9 Å². The summed E-state index contributed by atoms with van der Waals surface area (Å²) in [5.41, 5.74) is -1.76. The van der Waals surface area contributed by atoms with Crippen LogP contribution < -0.4 is 0 Å². The van der Waals surface area contributed by atoms with Crippen molar-refractivity contribution in [1.82, 2.24) is 0 Å². The number of carbonyl (C=O) groups is 2. The van der Waals surface area contributed by atoms with Crippen LogP contribution in [0.2, 0.25) is 0 Å². The quantitative estimate of drug-likeness (QED) is 0.739. The molecule has 0 spiro atoms. The van der Waals surface area contributed by atoms with E-state index in [1.807, 2.05) is 41.5 Å². The third-order valence-electron chi connectivity index (χ3n) is 2.58. The van der Waals surface area contributed by atoms with Crippen LogP contribution in [0.1, 0.15) is 68.7 Å². The van der Waals surface area contributed by atoms with Gasteiger partial charge in [-0.2, -0.15) is 0 Å². The van der Waals surface area contributed by atoms with E-state index in [0.29, 0.717) is 6.42 Å². The summed E-state index contributed by atoms with van der Waals surface area (Å²) in [5.74, 6) is -0.925. The molecule has 0 aromatic carbocycles. The van der Waals surface area contributed by atoms with Gasteiger partial charge >= 0.3 is 11.9 Å². The van der Waals surface area contributed by atoms with Gasteiger partial charge in [0.25, 0.3) is 0 Å². The molecule has 0 saturated heterocycles. The van der Waals surface area contributed by atoms with E-state index >= 15 is 0 Å². The summed E-state index contributed by atoms with van der Waals surface area (Å²) in [5, 5.41) is 0. The molecule has 4 nitrogen and oxygen atoms in total. The van der Waals surface area contributed by atoms with Crippen molar-refractivity contribution in [3.63, 3.8) is 0 Å².